The number of benzene rings is 1. The van der Waals surface area contributed by atoms with E-state index in [2.05, 4.69) is 5.32 Å². The van der Waals surface area contributed by atoms with Gasteiger partial charge in [0.05, 0.1) is 18.6 Å². The van der Waals surface area contributed by atoms with Crippen LogP contribution in [0.15, 0.2) is 29.1 Å². The number of nitrogens with one attached hydrogen (secondary N) is 1. The molecule has 1 aromatic heterocycles. The summed E-state index contributed by atoms with van der Waals surface area (Å²) in [5.41, 5.74) is -0.236. The molecular formula is C12H9F4NO. The van der Waals surface area contributed by atoms with E-state index in [0.29, 0.717) is 5.56 Å². The van der Waals surface area contributed by atoms with Gasteiger partial charge in [-0.1, -0.05) is 0 Å². The lowest BCUT2D eigenvalue weighted by molar-refractivity contribution is 0.457. The van der Waals surface area contributed by atoms with Gasteiger partial charge in [0.2, 0.25) is 0 Å². The number of hydrogen-bond donors (Lipinski definition) is 1. The second kappa shape index (κ2) is 4.72. The van der Waals surface area contributed by atoms with Crippen LogP contribution >= 0.6 is 0 Å². The van der Waals surface area contributed by atoms with E-state index in [1.54, 1.807) is 13.0 Å². The first kappa shape index (κ1) is 12.5. The third-order valence-corrected chi connectivity index (χ3v) is 2.52. The van der Waals surface area contributed by atoms with E-state index in [4.69, 9.17) is 4.42 Å². The van der Waals surface area contributed by atoms with Crippen LogP contribution in [0.5, 0.6) is 0 Å². The van der Waals surface area contributed by atoms with Crippen LogP contribution in [0.1, 0.15) is 18.5 Å². The van der Waals surface area contributed by atoms with Crippen molar-refractivity contribution in [2.45, 2.75) is 13.0 Å². The lowest BCUT2D eigenvalue weighted by Gasteiger charge is -2.15. The molecule has 1 unspecified atom stereocenters. The van der Waals surface area contributed by atoms with Crippen LogP contribution in [0.3, 0.4) is 0 Å². The average Bonchev–Trinajstić information content (AvgIpc) is 2.85. The van der Waals surface area contributed by atoms with Crippen LogP contribution in [0.4, 0.5) is 23.2 Å². The van der Waals surface area contributed by atoms with Crippen LogP contribution in [0.2, 0.25) is 0 Å². The zero-order chi connectivity index (χ0) is 13.3. The third-order valence-electron chi connectivity index (χ3n) is 2.52. The Balaban J connectivity index is 2.34. The fraction of sp³-hybridized carbons (Fsp3) is 0.167. The lowest BCUT2D eigenvalue weighted by atomic mass is 10.1. The highest BCUT2D eigenvalue weighted by molar-refractivity contribution is 5.48. The summed E-state index contributed by atoms with van der Waals surface area (Å²) in [6.45, 7) is 1.58. The maximum absolute atomic E-state index is 13.4. The quantitative estimate of drug-likeness (QED) is 0.665. The molecule has 0 fully saturated rings. The Hall–Kier alpha value is -1.98. The molecule has 1 aromatic carbocycles. The topological polar surface area (TPSA) is 25.2 Å². The highest BCUT2D eigenvalue weighted by Gasteiger charge is 2.21. The van der Waals surface area contributed by atoms with Crippen molar-refractivity contribution in [1.29, 1.82) is 0 Å². The summed E-state index contributed by atoms with van der Waals surface area (Å²) < 4.78 is 57.5. The van der Waals surface area contributed by atoms with Crippen LogP contribution < -0.4 is 5.32 Å². The second-order valence-corrected chi connectivity index (χ2v) is 3.77. The van der Waals surface area contributed by atoms with Crippen molar-refractivity contribution in [1.82, 2.24) is 0 Å². The summed E-state index contributed by atoms with van der Waals surface area (Å²) >= 11 is 0. The van der Waals surface area contributed by atoms with Crippen LogP contribution in [-0.2, 0) is 0 Å². The fourth-order valence-electron chi connectivity index (χ4n) is 1.52. The van der Waals surface area contributed by atoms with E-state index in [1.165, 1.54) is 12.5 Å². The van der Waals surface area contributed by atoms with Gasteiger partial charge in [0, 0.05) is 11.6 Å². The smallest absolute Gasteiger partial charge is 0.185 e. The fourth-order valence-corrected chi connectivity index (χ4v) is 1.52. The zero-order valence-electron chi connectivity index (χ0n) is 9.31. The van der Waals surface area contributed by atoms with Gasteiger partial charge in [-0.25, -0.2) is 17.6 Å². The summed E-state index contributed by atoms with van der Waals surface area (Å²) in [4.78, 5) is 0. The standard InChI is InChI=1S/C12H9F4NO/c1-6(7-2-3-18-5-7)17-12-10(15)8(13)4-9(14)11(12)16/h2-6,17H,1H3. The summed E-state index contributed by atoms with van der Waals surface area (Å²) in [6.07, 6.45) is 2.75. The number of halogens is 4. The molecule has 0 amide bonds. The monoisotopic (exact) mass is 259 g/mol. The Morgan fingerprint density at radius 1 is 1.11 bits per heavy atom. The highest BCUT2D eigenvalue weighted by Crippen LogP contribution is 2.28. The molecule has 0 spiro atoms. The maximum atomic E-state index is 13.4. The average molecular weight is 259 g/mol. The van der Waals surface area contributed by atoms with Gasteiger partial charge in [-0.15, -0.1) is 0 Å². The zero-order valence-corrected chi connectivity index (χ0v) is 9.31. The molecule has 0 aliphatic rings. The maximum Gasteiger partial charge on any atom is 0.185 e. The molecule has 0 bridgehead atoms. The summed E-state index contributed by atoms with van der Waals surface area (Å²) in [5, 5.41) is 2.37. The van der Waals surface area contributed by atoms with Gasteiger partial charge in [0.1, 0.15) is 5.69 Å². The van der Waals surface area contributed by atoms with Crippen molar-refractivity contribution < 1.29 is 22.0 Å². The molecule has 0 aliphatic carbocycles. The minimum atomic E-state index is -1.45. The van der Waals surface area contributed by atoms with E-state index >= 15 is 0 Å². The molecule has 2 nitrogen and oxygen atoms in total. The normalized spacial score (nSPS) is 12.5. The third kappa shape index (κ3) is 2.18. The molecule has 6 heteroatoms. The Bertz CT molecular complexity index is 527. The molecule has 2 rings (SSSR count). The number of furan rings is 1. The van der Waals surface area contributed by atoms with Crippen LogP contribution in [0.25, 0.3) is 0 Å². The number of hydrogen-bond acceptors (Lipinski definition) is 2. The second-order valence-electron chi connectivity index (χ2n) is 3.77. The Morgan fingerprint density at radius 3 is 2.22 bits per heavy atom. The van der Waals surface area contributed by atoms with Gasteiger partial charge in [-0.05, 0) is 13.0 Å². The molecule has 0 saturated heterocycles. The van der Waals surface area contributed by atoms with Crippen molar-refractivity contribution >= 4 is 5.69 Å². The van der Waals surface area contributed by atoms with Crippen molar-refractivity contribution in [3.05, 3.63) is 53.5 Å². The van der Waals surface area contributed by atoms with Gasteiger partial charge in [0.25, 0.3) is 0 Å². The first-order chi connectivity index (χ1) is 8.50. The molecule has 1 N–H and O–H groups in total. The summed E-state index contributed by atoms with van der Waals surface area (Å²) in [5.74, 6) is -5.81. The van der Waals surface area contributed by atoms with E-state index in [1.807, 2.05) is 0 Å². The van der Waals surface area contributed by atoms with Gasteiger partial charge in [-0.2, -0.15) is 0 Å². The molecule has 1 atom stereocenters. The van der Waals surface area contributed by atoms with Gasteiger partial charge < -0.3 is 9.73 Å². The first-order valence-corrected chi connectivity index (χ1v) is 5.12. The van der Waals surface area contributed by atoms with Crippen LogP contribution in [0, 0.1) is 23.3 Å². The van der Waals surface area contributed by atoms with E-state index < -0.39 is 35.0 Å². The largest absolute Gasteiger partial charge is 0.472 e. The Morgan fingerprint density at radius 2 is 1.72 bits per heavy atom. The molecule has 1 heterocycles. The minimum absolute atomic E-state index is 0.165. The summed E-state index contributed by atoms with van der Waals surface area (Å²) in [7, 11) is 0. The van der Waals surface area contributed by atoms with Gasteiger partial charge in [0.15, 0.2) is 23.3 Å². The molecule has 0 aliphatic heterocycles. The summed E-state index contributed by atoms with van der Waals surface area (Å²) in [6, 6.07) is 1.18. The molecule has 18 heavy (non-hydrogen) atoms. The first-order valence-electron chi connectivity index (χ1n) is 5.12. The SMILES string of the molecule is CC(Nc1c(F)c(F)cc(F)c1F)c1ccoc1. The van der Waals surface area contributed by atoms with Crippen molar-refractivity contribution in [3.63, 3.8) is 0 Å². The molecule has 0 radical (unpaired) electrons. The Kier molecular flexibility index (Phi) is 3.27. The molecule has 96 valence electrons. The molecule has 0 saturated carbocycles. The van der Waals surface area contributed by atoms with E-state index in [9.17, 15) is 17.6 Å². The van der Waals surface area contributed by atoms with Crippen molar-refractivity contribution in [2.24, 2.45) is 0 Å². The van der Waals surface area contributed by atoms with Crippen molar-refractivity contribution in [2.75, 3.05) is 5.32 Å². The number of rotatable bonds is 3. The highest BCUT2D eigenvalue weighted by atomic mass is 19.2. The van der Waals surface area contributed by atoms with E-state index in [0.717, 1.165) is 0 Å². The molecule has 2 aromatic rings. The Labute approximate surface area is 100 Å². The van der Waals surface area contributed by atoms with E-state index in [-0.39, 0.29) is 6.07 Å². The lowest BCUT2D eigenvalue weighted by Crippen LogP contribution is -2.11. The molecular weight excluding hydrogens is 250 g/mol. The van der Waals surface area contributed by atoms with Gasteiger partial charge in [-0.3, -0.25) is 0 Å². The minimum Gasteiger partial charge on any atom is -0.472 e. The number of anilines is 1. The predicted molar refractivity (Wildman–Crippen MR) is 57.0 cm³/mol. The predicted octanol–water partition coefficient (Wildman–Crippen LogP) is 4.01. The van der Waals surface area contributed by atoms with Crippen LogP contribution in [-0.4, -0.2) is 0 Å². The van der Waals surface area contributed by atoms with Crippen molar-refractivity contribution in [3.8, 4) is 0 Å². The van der Waals surface area contributed by atoms with Gasteiger partial charge >= 0.3 is 0 Å².